The van der Waals surface area contributed by atoms with Crippen molar-refractivity contribution in [2.24, 2.45) is 0 Å². The average Bonchev–Trinajstić information content (AvgIpc) is 3.09. The maximum absolute atomic E-state index is 12.5. The highest BCUT2D eigenvalue weighted by Crippen LogP contribution is 2.22. The highest BCUT2D eigenvalue weighted by molar-refractivity contribution is 6.05. The molecule has 7 nitrogen and oxygen atoms in total. The van der Waals surface area contributed by atoms with Gasteiger partial charge < -0.3 is 5.32 Å². The lowest BCUT2D eigenvalue weighted by Crippen LogP contribution is -2.23. The lowest BCUT2D eigenvalue weighted by molar-refractivity contribution is -0.384. The van der Waals surface area contributed by atoms with Crippen LogP contribution in [0.3, 0.4) is 0 Å². The fourth-order valence-corrected chi connectivity index (χ4v) is 2.99. The third-order valence-electron chi connectivity index (χ3n) is 4.29. The second kappa shape index (κ2) is 6.29. The van der Waals surface area contributed by atoms with Crippen LogP contribution in [0.2, 0.25) is 0 Å². The van der Waals surface area contributed by atoms with E-state index in [0.717, 1.165) is 16.3 Å². The fraction of sp³-hybridized carbons (Fsp3) is 0.0526. The van der Waals surface area contributed by atoms with Gasteiger partial charge in [-0.05, 0) is 22.4 Å². The predicted molar refractivity (Wildman–Crippen MR) is 97.9 cm³/mol. The van der Waals surface area contributed by atoms with Crippen LogP contribution < -0.4 is 5.32 Å². The third kappa shape index (κ3) is 2.75. The molecule has 0 saturated carbocycles. The molecular weight excluding hydrogens is 332 g/mol. The van der Waals surface area contributed by atoms with Gasteiger partial charge in [0.15, 0.2) is 5.69 Å². The smallest absolute Gasteiger partial charge is 0.272 e. The second-order valence-corrected chi connectivity index (χ2v) is 5.88. The Kier molecular flexibility index (Phi) is 3.81. The molecule has 0 atom stereocenters. The van der Waals surface area contributed by atoms with Crippen LogP contribution in [0.15, 0.2) is 60.7 Å². The number of carbonyl (C=O) groups is 1. The van der Waals surface area contributed by atoms with Gasteiger partial charge in [0.05, 0.1) is 10.4 Å². The topological polar surface area (TPSA) is 101 Å². The summed E-state index contributed by atoms with van der Waals surface area (Å²) in [4.78, 5) is 23.0. The molecule has 0 saturated heterocycles. The quantitative estimate of drug-likeness (QED) is 0.436. The van der Waals surface area contributed by atoms with Gasteiger partial charge >= 0.3 is 0 Å². The number of hydrogen-bond donors (Lipinski definition) is 2. The summed E-state index contributed by atoms with van der Waals surface area (Å²) in [7, 11) is 0. The molecule has 1 heterocycles. The number of carbonyl (C=O) groups excluding carboxylic acids is 1. The fourth-order valence-electron chi connectivity index (χ4n) is 2.99. The molecule has 0 aliphatic heterocycles. The average molecular weight is 346 g/mol. The Morgan fingerprint density at radius 3 is 2.73 bits per heavy atom. The summed E-state index contributed by atoms with van der Waals surface area (Å²) in [6.07, 6.45) is 0. The molecule has 4 aromatic rings. The van der Waals surface area contributed by atoms with E-state index in [4.69, 9.17) is 0 Å². The Bertz CT molecular complexity index is 1140. The van der Waals surface area contributed by atoms with Crippen molar-refractivity contribution in [1.29, 1.82) is 0 Å². The zero-order valence-electron chi connectivity index (χ0n) is 13.6. The Labute approximate surface area is 147 Å². The van der Waals surface area contributed by atoms with Crippen LogP contribution in [-0.4, -0.2) is 21.0 Å². The maximum atomic E-state index is 12.5. The van der Waals surface area contributed by atoms with Crippen LogP contribution >= 0.6 is 0 Å². The Hall–Kier alpha value is -3.74. The molecule has 7 heteroatoms. The van der Waals surface area contributed by atoms with Crippen LogP contribution in [0, 0.1) is 10.1 Å². The number of benzene rings is 3. The largest absolute Gasteiger partial charge is 0.347 e. The molecule has 26 heavy (non-hydrogen) atoms. The van der Waals surface area contributed by atoms with Crippen molar-refractivity contribution in [3.05, 3.63) is 82.0 Å². The highest BCUT2D eigenvalue weighted by Gasteiger charge is 2.17. The van der Waals surface area contributed by atoms with Crippen molar-refractivity contribution in [3.8, 4) is 0 Å². The molecular formula is C19H14N4O3. The van der Waals surface area contributed by atoms with E-state index >= 15 is 0 Å². The van der Waals surface area contributed by atoms with Crippen LogP contribution in [0.25, 0.3) is 21.7 Å². The van der Waals surface area contributed by atoms with Gasteiger partial charge in [-0.25, -0.2) is 0 Å². The van der Waals surface area contributed by atoms with Crippen LogP contribution in [-0.2, 0) is 6.54 Å². The number of nitrogens with zero attached hydrogens (tertiary/aromatic N) is 2. The van der Waals surface area contributed by atoms with E-state index in [2.05, 4.69) is 15.5 Å². The van der Waals surface area contributed by atoms with E-state index < -0.39 is 4.92 Å². The number of fused-ring (bicyclic) bond motifs is 2. The number of rotatable bonds is 4. The van der Waals surface area contributed by atoms with Gasteiger partial charge in [-0.1, -0.05) is 42.5 Å². The molecule has 128 valence electrons. The number of H-pyrrole nitrogens is 1. The molecule has 0 fully saturated rings. The third-order valence-corrected chi connectivity index (χ3v) is 4.29. The Morgan fingerprint density at radius 1 is 1.08 bits per heavy atom. The van der Waals surface area contributed by atoms with Gasteiger partial charge in [0.25, 0.3) is 11.6 Å². The molecule has 1 amide bonds. The normalized spacial score (nSPS) is 10.9. The minimum Gasteiger partial charge on any atom is -0.347 e. The number of aromatic amines is 1. The Morgan fingerprint density at radius 2 is 1.88 bits per heavy atom. The van der Waals surface area contributed by atoms with Gasteiger partial charge in [-0.3, -0.25) is 20.0 Å². The molecule has 0 unspecified atom stereocenters. The number of hydrogen-bond acceptors (Lipinski definition) is 4. The van der Waals surface area contributed by atoms with Crippen molar-refractivity contribution >= 4 is 33.3 Å². The second-order valence-electron chi connectivity index (χ2n) is 5.88. The number of nitro benzene ring substituents is 1. The minimum atomic E-state index is -0.496. The monoisotopic (exact) mass is 346 g/mol. The zero-order chi connectivity index (χ0) is 18.1. The number of aromatic nitrogens is 2. The standard InChI is InChI=1S/C19H14N4O3/c24-19(18-16-10-14(23(25)26)8-9-17(16)21-22-18)20-11-13-6-3-5-12-4-1-2-7-15(12)13/h1-10H,11H2,(H,20,24)(H,21,22). The zero-order valence-corrected chi connectivity index (χ0v) is 13.6. The lowest BCUT2D eigenvalue weighted by atomic mass is 10.0. The van der Waals surface area contributed by atoms with Crippen molar-refractivity contribution in [1.82, 2.24) is 15.5 Å². The van der Waals surface area contributed by atoms with E-state index in [0.29, 0.717) is 17.4 Å². The summed E-state index contributed by atoms with van der Waals surface area (Å²) < 4.78 is 0. The first kappa shape index (κ1) is 15.8. The molecule has 0 aliphatic carbocycles. The molecule has 0 spiro atoms. The summed E-state index contributed by atoms with van der Waals surface area (Å²) >= 11 is 0. The van der Waals surface area contributed by atoms with Crippen molar-refractivity contribution in [3.63, 3.8) is 0 Å². The van der Waals surface area contributed by atoms with Crippen molar-refractivity contribution in [2.45, 2.75) is 6.54 Å². The molecule has 0 aliphatic rings. The van der Waals surface area contributed by atoms with Gasteiger partial charge in [0.1, 0.15) is 0 Å². The van der Waals surface area contributed by atoms with Crippen LogP contribution in [0.5, 0.6) is 0 Å². The van der Waals surface area contributed by atoms with Gasteiger partial charge in [0, 0.05) is 24.1 Å². The number of nitrogens with one attached hydrogen (secondary N) is 2. The predicted octanol–water partition coefficient (Wildman–Crippen LogP) is 3.55. The summed E-state index contributed by atoms with van der Waals surface area (Å²) in [5.74, 6) is -0.385. The van der Waals surface area contributed by atoms with Crippen molar-refractivity contribution in [2.75, 3.05) is 0 Å². The first-order chi connectivity index (χ1) is 12.6. The van der Waals surface area contributed by atoms with Crippen LogP contribution in [0.1, 0.15) is 16.1 Å². The van der Waals surface area contributed by atoms with Gasteiger partial charge in [-0.2, -0.15) is 5.10 Å². The number of nitro groups is 1. The van der Waals surface area contributed by atoms with Gasteiger partial charge in [0.2, 0.25) is 0 Å². The SMILES string of the molecule is O=C(NCc1cccc2ccccc12)c1n[nH]c2ccc([N+](=O)[O-])cc12. The molecule has 0 bridgehead atoms. The van der Waals surface area contributed by atoms with E-state index in [1.807, 2.05) is 42.5 Å². The molecule has 0 radical (unpaired) electrons. The van der Waals surface area contributed by atoms with Crippen LogP contribution in [0.4, 0.5) is 5.69 Å². The van der Waals surface area contributed by atoms with Gasteiger partial charge in [-0.15, -0.1) is 0 Å². The minimum absolute atomic E-state index is 0.0815. The number of non-ortho nitro benzene ring substituents is 1. The summed E-state index contributed by atoms with van der Waals surface area (Å²) in [5.41, 5.74) is 1.62. The van der Waals surface area contributed by atoms with E-state index in [1.54, 1.807) is 6.07 Å². The van der Waals surface area contributed by atoms with E-state index in [9.17, 15) is 14.9 Å². The highest BCUT2D eigenvalue weighted by atomic mass is 16.6. The first-order valence-electron chi connectivity index (χ1n) is 8.01. The summed E-state index contributed by atoms with van der Waals surface area (Å²) in [5, 5.41) is 23.1. The summed E-state index contributed by atoms with van der Waals surface area (Å²) in [6, 6.07) is 18.1. The lowest BCUT2D eigenvalue weighted by Gasteiger charge is -2.07. The molecule has 1 aromatic heterocycles. The van der Waals surface area contributed by atoms with E-state index in [1.165, 1.54) is 12.1 Å². The number of amides is 1. The Balaban J connectivity index is 1.61. The molecule has 3 aromatic carbocycles. The first-order valence-corrected chi connectivity index (χ1v) is 8.01. The van der Waals surface area contributed by atoms with Crippen molar-refractivity contribution < 1.29 is 9.72 Å². The van der Waals surface area contributed by atoms with E-state index in [-0.39, 0.29) is 17.3 Å². The summed E-state index contributed by atoms with van der Waals surface area (Å²) in [6.45, 7) is 0.337. The maximum Gasteiger partial charge on any atom is 0.272 e. The molecule has 2 N–H and O–H groups in total. The molecule has 4 rings (SSSR count).